The van der Waals surface area contributed by atoms with Crippen molar-refractivity contribution in [2.24, 2.45) is 0 Å². The van der Waals surface area contributed by atoms with Gasteiger partial charge in [-0.05, 0) is 19.8 Å². The zero-order valence-electron chi connectivity index (χ0n) is 13.5. The zero-order chi connectivity index (χ0) is 16.1. The molecule has 0 spiro atoms. The Morgan fingerprint density at radius 3 is 2.78 bits per heavy atom. The number of carbonyl (C=O) groups excluding carboxylic acids is 1. The maximum atomic E-state index is 12.4. The highest BCUT2D eigenvalue weighted by Crippen LogP contribution is 2.31. The largest absolute Gasteiger partial charge is 0.378 e. The summed E-state index contributed by atoms with van der Waals surface area (Å²) in [4.78, 5) is 14.3. The molecule has 1 aliphatic heterocycles. The predicted octanol–water partition coefficient (Wildman–Crippen LogP) is 2.62. The summed E-state index contributed by atoms with van der Waals surface area (Å²) in [6.07, 6.45) is 6.37. The third-order valence-electron chi connectivity index (χ3n) is 4.29. The lowest BCUT2D eigenvalue weighted by molar-refractivity contribution is -0.134. The zero-order valence-corrected chi connectivity index (χ0v) is 15.1. The number of nitrogens with one attached hydrogen (secondary N) is 1. The van der Waals surface area contributed by atoms with Crippen molar-refractivity contribution in [2.45, 2.75) is 54.7 Å². The van der Waals surface area contributed by atoms with E-state index in [-0.39, 0.29) is 11.2 Å². The molecule has 2 aliphatic rings. The number of amides is 1. The van der Waals surface area contributed by atoms with Gasteiger partial charge in [0.25, 0.3) is 0 Å². The maximum absolute atomic E-state index is 12.4. The Morgan fingerprint density at radius 1 is 1.30 bits per heavy atom. The highest BCUT2D eigenvalue weighted by Gasteiger charge is 2.24. The minimum Gasteiger partial charge on any atom is -0.378 e. The number of aromatic nitrogens is 2. The van der Waals surface area contributed by atoms with Crippen LogP contribution in [0.4, 0.5) is 5.13 Å². The van der Waals surface area contributed by atoms with Crippen molar-refractivity contribution < 1.29 is 9.53 Å². The van der Waals surface area contributed by atoms with E-state index in [1.54, 1.807) is 11.3 Å². The van der Waals surface area contributed by atoms with Gasteiger partial charge in [-0.15, -0.1) is 10.2 Å². The molecule has 6 nitrogen and oxygen atoms in total. The molecule has 1 saturated carbocycles. The van der Waals surface area contributed by atoms with Crippen molar-refractivity contribution in [1.82, 2.24) is 15.1 Å². The van der Waals surface area contributed by atoms with E-state index in [2.05, 4.69) is 15.5 Å². The molecule has 1 amide bonds. The normalized spacial score (nSPS) is 21.2. The molecule has 1 N–H and O–H groups in total. The van der Waals surface area contributed by atoms with E-state index in [4.69, 9.17) is 4.74 Å². The molecule has 1 atom stereocenters. The molecular formula is C15H24N4O2S2. The molecule has 8 heteroatoms. The summed E-state index contributed by atoms with van der Waals surface area (Å²) >= 11 is 3.05. The lowest BCUT2D eigenvalue weighted by Crippen LogP contribution is -2.44. The minimum absolute atomic E-state index is 0.136. The van der Waals surface area contributed by atoms with Gasteiger partial charge >= 0.3 is 0 Å². The molecule has 1 aromatic heterocycles. The van der Waals surface area contributed by atoms with Crippen LogP contribution in [0.25, 0.3) is 0 Å². The average Bonchev–Trinajstić information content (AvgIpc) is 3.02. The number of morpholine rings is 1. The minimum atomic E-state index is -0.136. The van der Waals surface area contributed by atoms with Crippen LogP contribution in [0, 0.1) is 0 Å². The number of carbonyl (C=O) groups is 1. The van der Waals surface area contributed by atoms with E-state index in [0.29, 0.717) is 32.3 Å². The standard InChI is InChI=1S/C15H24N4O2S2/c1-11(13(20)19-7-9-21-10-8-19)22-15-18-17-14(23-15)16-12-5-3-2-4-6-12/h11-12H,2-10H2,1H3,(H,16,17)/t11-/m1/s1. The summed E-state index contributed by atoms with van der Waals surface area (Å²) in [6.45, 7) is 4.59. The summed E-state index contributed by atoms with van der Waals surface area (Å²) in [5.74, 6) is 0.162. The van der Waals surface area contributed by atoms with Gasteiger partial charge in [-0.3, -0.25) is 4.79 Å². The third kappa shape index (κ3) is 4.81. The van der Waals surface area contributed by atoms with Crippen LogP contribution in [0.5, 0.6) is 0 Å². The van der Waals surface area contributed by atoms with E-state index in [0.717, 1.165) is 9.47 Å². The number of hydrogen-bond acceptors (Lipinski definition) is 7. The smallest absolute Gasteiger partial charge is 0.236 e. The summed E-state index contributed by atoms with van der Waals surface area (Å²) < 4.78 is 6.15. The first-order valence-electron chi connectivity index (χ1n) is 8.35. The van der Waals surface area contributed by atoms with Crippen LogP contribution in [0.15, 0.2) is 4.34 Å². The van der Waals surface area contributed by atoms with Crippen LogP contribution in [-0.2, 0) is 9.53 Å². The molecule has 128 valence electrons. The van der Waals surface area contributed by atoms with E-state index < -0.39 is 0 Å². The fourth-order valence-corrected chi connectivity index (χ4v) is 5.04. The third-order valence-corrected chi connectivity index (χ3v) is 6.31. The number of ether oxygens (including phenoxy) is 1. The summed E-state index contributed by atoms with van der Waals surface area (Å²) in [6, 6.07) is 0.530. The summed E-state index contributed by atoms with van der Waals surface area (Å²) in [7, 11) is 0. The quantitative estimate of drug-likeness (QED) is 0.818. The van der Waals surface area contributed by atoms with Crippen LogP contribution >= 0.6 is 23.1 Å². The van der Waals surface area contributed by atoms with Crippen molar-refractivity contribution in [3.05, 3.63) is 0 Å². The Kier molecular flexibility index (Phi) is 6.13. The maximum Gasteiger partial charge on any atom is 0.236 e. The first-order chi connectivity index (χ1) is 11.2. The van der Waals surface area contributed by atoms with Crippen LogP contribution in [-0.4, -0.2) is 58.6 Å². The molecule has 0 radical (unpaired) electrons. The highest BCUT2D eigenvalue weighted by atomic mass is 32.2. The second kappa shape index (κ2) is 8.30. The topological polar surface area (TPSA) is 67.4 Å². The Labute approximate surface area is 145 Å². The first-order valence-corrected chi connectivity index (χ1v) is 10.1. The highest BCUT2D eigenvalue weighted by molar-refractivity contribution is 8.02. The van der Waals surface area contributed by atoms with Crippen molar-refractivity contribution in [1.29, 1.82) is 0 Å². The molecule has 0 bridgehead atoms. The van der Waals surface area contributed by atoms with Crippen molar-refractivity contribution in [3.63, 3.8) is 0 Å². The van der Waals surface area contributed by atoms with Gasteiger partial charge < -0.3 is 15.0 Å². The summed E-state index contributed by atoms with van der Waals surface area (Å²) in [5.41, 5.74) is 0. The van der Waals surface area contributed by atoms with Crippen LogP contribution < -0.4 is 5.32 Å². The van der Waals surface area contributed by atoms with Gasteiger partial charge in [-0.2, -0.15) is 0 Å². The van der Waals surface area contributed by atoms with Gasteiger partial charge in [0.1, 0.15) is 0 Å². The second-order valence-electron chi connectivity index (χ2n) is 6.05. The van der Waals surface area contributed by atoms with Gasteiger partial charge in [-0.25, -0.2) is 0 Å². The van der Waals surface area contributed by atoms with E-state index in [9.17, 15) is 4.79 Å². The van der Waals surface area contributed by atoms with Gasteiger partial charge in [0.2, 0.25) is 11.0 Å². The lowest BCUT2D eigenvalue weighted by Gasteiger charge is -2.28. The van der Waals surface area contributed by atoms with E-state index in [1.807, 2.05) is 11.8 Å². The fourth-order valence-electron chi connectivity index (χ4n) is 2.98. The predicted molar refractivity (Wildman–Crippen MR) is 93.1 cm³/mol. The number of hydrogen-bond donors (Lipinski definition) is 1. The monoisotopic (exact) mass is 356 g/mol. The molecule has 2 heterocycles. The molecule has 3 rings (SSSR count). The first kappa shape index (κ1) is 17.0. The summed E-state index contributed by atoms with van der Waals surface area (Å²) in [5, 5.41) is 12.7. The van der Waals surface area contributed by atoms with Gasteiger partial charge in [0, 0.05) is 19.1 Å². The van der Waals surface area contributed by atoms with E-state index in [1.165, 1.54) is 43.9 Å². The van der Waals surface area contributed by atoms with Crippen molar-refractivity contribution in [3.8, 4) is 0 Å². The Hall–Kier alpha value is -0.860. The second-order valence-corrected chi connectivity index (χ2v) is 8.62. The molecule has 1 saturated heterocycles. The number of thioether (sulfide) groups is 1. The van der Waals surface area contributed by atoms with Gasteiger partial charge in [0.15, 0.2) is 4.34 Å². The molecular weight excluding hydrogens is 332 g/mol. The molecule has 23 heavy (non-hydrogen) atoms. The Bertz CT molecular complexity index is 513. The molecule has 0 aromatic carbocycles. The van der Waals surface area contributed by atoms with Crippen LogP contribution in [0.2, 0.25) is 0 Å². The molecule has 1 aliphatic carbocycles. The van der Waals surface area contributed by atoms with Crippen molar-refractivity contribution >= 4 is 34.1 Å². The molecule has 1 aromatic rings. The van der Waals surface area contributed by atoms with Crippen LogP contribution in [0.1, 0.15) is 39.0 Å². The van der Waals surface area contributed by atoms with E-state index >= 15 is 0 Å². The van der Waals surface area contributed by atoms with Crippen molar-refractivity contribution in [2.75, 3.05) is 31.6 Å². The Balaban J connectivity index is 1.50. The Morgan fingerprint density at radius 2 is 2.04 bits per heavy atom. The average molecular weight is 357 g/mol. The van der Waals surface area contributed by atoms with Crippen LogP contribution in [0.3, 0.4) is 0 Å². The molecule has 2 fully saturated rings. The molecule has 0 unspecified atom stereocenters. The SMILES string of the molecule is C[C@@H](Sc1nnc(NC2CCCCC2)s1)C(=O)N1CCOCC1. The number of anilines is 1. The number of nitrogens with zero attached hydrogens (tertiary/aromatic N) is 3. The number of rotatable bonds is 5. The van der Waals surface area contributed by atoms with Gasteiger partial charge in [-0.1, -0.05) is 42.4 Å². The fraction of sp³-hybridized carbons (Fsp3) is 0.800. The van der Waals surface area contributed by atoms with Gasteiger partial charge in [0.05, 0.1) is 18.5 Å². The lowest BCUT2D eigenvalue weighted by atomic mass is 9.96.